The first-order valence-electron chi connectivity index (χ1n) is 10.6. The lowest BCUT2D eigenvalue weighted by Gasteiger charge is -2.56. The third kappa shape index (κ3) is 2.58. The van der Waals surface area contributed by atoms with Gasteiger partial charge in [-0.2, -0.15) is 0 Å². The molecule has 0 aromatic heterocycles. The zero-order valence-electron chi connectivity index (χ0n) is 15.3. The molecule has 0 amide bonds. The number of phenols is 1. The minimum atomic E-state index is 0.336. The molecule has 1 aromatic rings. The number of aromatic hydroxyl groups is 1. The predicted octanol–water partition coefficient (Wildman–Crippen LogP) is 4.48. The number of hydrogen-bond donors (Lipinski definition) is 3. The van der Waals surface area contributed by atoms with E-state index in [2.05, 4.69) is 22.8 Å². The summed E-state index contributed by atoms with van der Waals surface area (Å²) in [5.41, 5.74) is 4.30. The molecule has 0 unspecified atom stereocenters. The lowest BCUT2D eigenvalue weighted by atomic mass is 9.53. The highest BCUT2D eigenvalue weighted by Crippen LogP contribution is 2.55. The summed E-state index contributed by atoms with van der Waals surface area (Å²) in [7, 11) is 0. The summed E-state index contributed by atoms with van der Waals surface area (Å²) < 4.78 is 0. The van der Waals surface area contributed by atoms with Crippen LogP contribution < -0.4 is 10.6 Å². The monoisotopic (exact) mass is 340 g/mol. The van der Waals surface area contributed by atoms with Crippen LogP contribution >= 0.6 is 0 Å². The van der Waals surface area contributed by atoms with E-state index in [1.165, 1.54) is 75.3 Å². The van der Waals surface area contributed by atoms with Crippen molar-refractivity contribution < 1.29 is 5.11 Å². The molecule has 1 saturated heterocycles. The SMILES string of the molecule is Oc1cc2c(cc1NC1CCCCC1)C[C@@H]1NCC[C@]23CCCC[C@H]13. The maximum absolute atomic E-state index is 10.8. The fourth-order valence-corrected chi connectivity index (χ4v) is 6.55. The molecule has 3 heteroatoms. The van der Waals surface area contributed by atoms with Crippen molar-refractivity contribution in [2.24, 2.45) is 5.92 Å². The summed E-state index contributed by atoms with van der Waals surface area (Å²) >= 11 is 0. The van der Waals surface area contributed by atoms with Crippen LogP contribution in [0.4, 0.5) is 5.69 Å². The van der Waals surface area contributed by atoms with E-state index in [0.717, 1.165) is 24.6 Å². The van der Waals surface area contributed by atoms with Gasteiger partial charge in [0, 0.05) is 17.5 Å². The van der Waals surface area contributed by atoms with Crippen LogP contribution in [0, 0.1) is 5.92 Å². The van der Waals surface area contributed by atoms with Crippen LogP contribution in [0.15, 0.2) is 12.1 Å². The Morgan fingerprint density at radius 1 is 1.00 bits per heavy atom. The second kappa shape index (κ2) is 6.19. The van der Waals surface area contributed by atoms with Gasteiger partial charge in [-0.3, -0.25) is 0 Å². The van der Waals surface area contributed by atoms with Crippen LogP contribution in [0.1, 0.15) is 75.3 Å². The van der Waals surface area contributed by atoms with Crippen molar-refractivity contribution in [3.63, 3.8) is 0 Å². The van der Waals surface area contributed by atoms with E-state index in [-0.39, 0.29) is 0 Å². The minimum absolute atomic E-state index is 0.336. The number of phenolic OH excluding ortho intramolecular Hbond substituents is 1. The molecular formula is C22H32N2O. The van der Waals surface area contributed by atoms with Gasteiger partial charge in [-0.15, -0.1) is 0 Å². The molecule has 3 fully saturated rings. The molecule has 0 radical (unpaired) electrons. The molecule has 3 N–H and O–H groups in total. The molecule has 1 heterocycles. The zero-order valence-corrected chi connectivity index (χ0v) is 15.3. The van der Waals surface area contributed by atoms with Gasteiger partial charge in [0.05, 0.1) is 5.69 Å². The van der Waals surface area contributed by atoms with Crippen molar-refractivity contribution in [3.8, 4) is 5.75 Å². The first-order chi connectivity index (χ1) is 12.3. The van der Waals surface area contributed by atoms with E-state index < -0.39 is 0 Å². The van der Waals surface area contributed by atoms with E-state index in [4.69, 9.17) is 0 Å². The Labute approximate surface area is 151 Å². The van der Waals surface area contributed by atoms with Crippen molar-refractivity contribution in [1.82, 2.24) is 5.32 Å². The molecule has 3 nitrogen and oxygen atoms in total. The van der Waals surface area contributed by atoms with Gasteiger partial charge in [0.15, 0.2) is 0 Å². The predicted molar refractivity (Wildman–Crippen MR) is 102 cm³/mol. The molecule has 3 atom stereocenters. The number of fused-ring (bicyclic) bond motifs is 1. The molecule has 3 aliphatic carbocycles. The maximum Gasteiger partial charge on any atom is 0.138 e. The number of anilines is 1. The highest BCUT2D eigenvalue weighted by atomic mass is 16.3. The summed E-state index contributed by atoms with van der Waals surface area (Å²) in [6, 6.07) is 5.64. The highest BCUT2D eigenvalue weighted by Gasteiger charge is 2.51. The third-order valence-corrected chi connectivity index (χ3v) is 7.72. The van der Waals surface area contributed by atoms with Crippen molar-refractivity contribution in [2.45, 2.75) is 88.1 Å². The second-order valence-corrected chi connectivity index (χ2v) is 9.03. The summed E-state index contributed by atoms with van der Waals surface area (Å²) in [6.45, 7) is 1.14. The molecule has 0 spiro atoms. The van der Waals surface area contributed by atoms with Gasteiger partial charge in [-0.25, -0.2) is 0 Å². The molecule has 136 valence electrons. The number of rotatable bonds is 2. The number of benzene rings is 1. The maximum atomic E-state index is 10.8. The molecule has 5 rings (SSSR count). The average molecular weight is 341 g/mol. The van der Waals surface area contributed by atoms with Crippen LogP contribution in [0.3, 0.4) is 0 Å². The normalized spacial score (nSPS) is 34.9. The van der Waals surface area contributed by atoms with Crippen molar-refractivity contribution in [3.05, 3.63) is 23.3 Å². The topological polar surface area (TPSA) is 44.3 Å². The van der Waals surface area contributed by atoms with Gasteiger partial charge in [-0.05, 0) is 74.2 Å². The fourth-order valence-electron chi connectivity index (χ4n) is 6.55. The van der Waals surface area contributed by atoms with Crippen molar-refractivity contribution in [1.29, 1.82) is 0 Å². The Bertz CT molecular complexity index is 648. The Hall–Kier alpha value is -1.22. The summed E-state index contributed by atoms with van der Waals surface area (Å²) in [5.74, 6) is 1.26. The Kier molecular flexibility index (Phi) is 3.96. The van der Waals surface area contributed by atoms with Gasteiger partial charge in [0.1, 0.15) is 5.75 Å². The minimum Gasteiger partial charge on any atom is -0.506 e. The second-order valence-electron chi connectivity index (χ2n) is 9.03. The van der Waals surface area contributed by atoms with Gasteiger partial charge in [0.2, 0.25) is 0 Å². The summed E-state index contributed by atoms with van der Waals surface area (Å²) in [4.78, 5) is 0. The lowest BCUT2D eigenvalue weighted by molar-refractivity contribution is 0.0796. The smallest absolute Gasteiger partial charge is 0.138 e. The Balaban J connectivity index is 1.50. The van der Waals surface area contributed by atoms with E-state index in [0.29, 0.717) is 23.2 Å². The fraction of sp³-hybridized carbons (Fsp3) is 0.727. The first-order valence-corrected chi connectivity index (χ1v) is 10.6. The van der Waals surface area contributed by atoms with Crippen LogP contribution in [0.2, 0.25) is 0 Å². The summed E-state index contributed by atoms with van der Waals surface area (Å²) in [6.07, 6.45) is 14.3. The van der Waals surface area contributed by atoms with E-state index >= 15 is 0 Å². The highest BCUT2D eigenvalue weighted by molar-refractivity contribution is 5.62. The molecule has 1 aliphatic heterocycles. The standard InChI is InChI=1S/C22H32N2O/c25-21-14-18-15(13-20(21)24-16-6-2-1-3-7-16)12-19-17-8-4-5-9-22(17,18)10-11-23-19/h13-14,16-17,19,23-25H,1-12H2/t17-,19+,22+/m1/s1. The van der Waals surface area contributed by atoms with Crippen molar-refractivity contribution >= 4 is 5.69 Å². The van der Waals surface area contributed by atoms with E-state index in [9.17, 15) is 5.11 Å². The summed E-state index contributed by atoms with van der Waals surface area (Å²) in [5, 5.41) is 18.3. The molecular weight excluding hydrogens is 308 g/mol. The first kappa shape index (κ1) is 16.0. The van der Waals surface area contributed by atoms with Gasteiger partial charge in [0.25, 0.3) is 0 Å². The average Bonchev–Trinajstić information content (AvgIpc) is 2.64. The van der Waals surface area contributed by atoms with E-state index in [1.54, 1.807) is 0 Å². The lowest BCUT2D eigenvalue weighted by Crippen LogP contribution is -2.59. The number of nitrogens with one attached hydrogen (secondary N) is 2. The Morgan fingerprint density at radius 3 is 2.72 bits per heavy atom. The van der Waals surface area contributed by atoms with Gasteiger partial charge < -0.3 is 15.7 Å². The molecule has 25 heavy (non-hydrogen) atoms. The van der Waals surface area contributed by atoms with Crippen LogP contribution in [-0.4, -0.2) is 23.7 Å². The van der Waals surface area contributed by atoms with Crippen LogP contribution in [0.25, 0.3) is 0 Å². The number of piperidine rings is 1. The van der Waals surface area contributed by atoms with Crippen LogP contribution in [-0.2, 0) is 11.8 Å². The largest absolute Gasteiger partial charge is 0.506 e. The molecule has 4 aliphatic rings. The van der Waals surface area contributed by atoms with Crippen LogP contribution in [0.5, 0.6) is 5.75 Å². The third-order valence-electron chi connectivity index (χ3n) is 7.72. The van der Waals surface area contributed by atoms with E-state index in [1.807, 2.05) is 0 Å². The quantitative estimate of drug-likeness (QED) is 0.695. The zero-order chi connectivity index (χ0) is 16.9. The Morgan fingerprint density at radius 2 is 1.84 bits per heavy atom. The number of hydrogen-bond acceptors (Lipinski definition) is 3. The molecule has 2 bridgehead atoms. The van der Waals surface area contributed by atoms with Gasteiger partial charge >= 0.3 is 0 Å². The molecule has 2 saturated carbocycles. The van der Waals surface area contributed by atoms with Crippen molar-refractivity contribution in [2.75, 3.05) is 11.9 Å². The van der Waals surface area contributed by atoms with Gasteiger partial charge in [-0.1, -0.05) is 32.1 Å². The molecule has 1 aromatic carbocycles.